The average Bonchev–Trinajstić information content (AvgIpc) is 3.23. The number of nitrogens with zero attached hydrogens (tertiary/aromatic N) is 2. The van der Waals surface area contributed by atoms with Gasteiger partial charge in [-0.05, 0) is 41.3 Å². The van der Waals surface area contributed by atoms with Gasteiger partial charge in [-0.15, -0.1) is 11.3 Å². The number of aromatic nitrogens is 1. The van der Waals surface area contributed by atoms with Gasteiger partial charge < -0.3 is 5.11 Å². The molecule has 5 heteroatoms. The third-order valence-electron chi connectivity index (χ3n) is 4.59. The Morgan fingerprint density at radius 1 is 0.964 bits per heavy atom. The van der Waals surface area contributed by atoms with E-state index in [1.54, 1.807) is 35.0 Å². The van der Waals surface area contributed by atoms with E-state index in [0.717, 1.165) is 21.7 Å². The van der Waals surface area contributed by atoms with Crippen molar-refractivity contribution in [2.24, 2.45) is 0 Å². The fourth-order valence-electron chi connectivity index (χ4n) is 3.24. The maximum atomic E-state index is 13.3. The molecule has 0 spiro atoms. The summed E-state index contributed by atoms with van der Waals surface area (Å²) in [6.07, 6.45) is 1.79. The Hall–Kier alpha value is -3.46. The van der Waals surface area contributed by atoms with Crippen molar-refractivity contribution in [2.45, 2.75) is 6.61 Å². The summed E-state index contributed by atoms with van der Waals surface area (Å²) in [6.45, 7) is -0.0679. The summed E-state index contributed by atoms with van der Waals surface area (Å²) in [7, 11) is 0. The topological polar surface area (TPSA) is 66.0 Å². The van der Waals surface area contributed by atoms with Gasteiger partial charge in [-0.25, -0.2) is 0 Å². The molecule has 0 unspecified atom stereocenters. The fourth-order valence-corrected chi connectivity index (χ4v) is 3.99. The SMILES string of the molecule is N#Cc1ccccc1-c1cc(-c2ccsc2CO)cn(-c2ccccc2)c1=O. The molecule has 0 aliphatic rings. The Balaban J connectivity index is 2.05. The van der Waals surface area contributed by atoms with E-state index < -0.39 is 0 Å². The summed E-state index contributed by atoms with van der Waals surface area (Å²) < 4.78 is 1.59. The summed E-state index contributed by atoms with van der Waals surface area (Å²) in [5.41, 5.74) is 3.74. The van der Waals surface area contributed by atoms with Crippen molar-refractivity contribution in [1.29, 1.82) is 5.26 Å². The normalized spacial score (nSPS) is 10.6. The Labute approximate surface area is 166 Å². The first-order valence-corrected chi connectivity index (χ1v) is 9.60. The smallest absolute Gasteiger partial charge is 0.263 e. The van der Waals surface area contributed by atoms with Crippen LogP contribution in [0.25, 0.3) is 27.9 Å². The van der Waals surface area contributed by atoms with Crippen LogP contribution in [-0.4, -0.2) is 9.67 Å². The predicted octanol–water partition coefficient (Wildman–Crippen LogP) is 4.60. The van der Waals surface area contributed by atoms with E-state index in [1.807, 2.05) is 47.8 Å². The van der Waals surface area contributed by atoms with Crippen LogP contribution in [0.5, 0.6) is 0 Å². The van der Waals surface area contributed by atoms with Crippen LogP contribution in [0.15, 0.2) is 83.1 Å². The van der Waals surface area contributed by atoms with Crippen molar-refractivity contribution in [3.63, 3.8) is 0 Å². The largest absolute Gasteiger partial charge is 0.391 e. The zero-order valence-electron chi connectivity index (χ0n) is 14.9. The number of para-hydroxylation sites is 1. The Morgan fingerprint density at radius 2 is 1.71 bits per heavy atom. The molecule has 0 saturated carbocycles. The molecule has 0 fully saturated rings. The van der Waals surface area contributed by atoms with Gasteiger partial charge >= 0.3 is 0 Å². The van der Waals surface area contributed by atoms with Crippen LogP contribution in [0.3, 0.4) is 0 Å². The van der Waals surface area contributed by atoms with Crippen molar-refractivity contribution in [1.82, 2.24) is 4.57 Å². The lowest BCUT2D eigenvalue weighted by molar-refractivity contribution is 0.286. The Kier molecular flexibility index (Phi) is 4.90. The molecule has 4 nitrogen and oxygen atoms in total. The predicted molar refractivity (Wildman–Crippen MR) is 111 cm³/mol. The molecular weight excluding hydrogens is 368 g/mol. The van der Waals surface area contributed by atoms with Crippen LogP contribution >= 0.6 is 11.3 Å². The molecule has 0 saturated heterocycles. The van der Waals surface area contributed by atoms with Gasteiger partial charge in [0.1, 0.15) is 0 Å². The highest BCUT2D eigenvalue weighted by molar-refractivity contribution is 7.10. The summed E-state index contributed by atoms with van der Waals surface area (Å²) in [4.78, 5) is 14.2. The molecule has 0 bridgehead atoms. The number of thiophene rings is 1. The number of nitriles is 1. The van der Waals surface area contributed by atoms with Gasteiger partial charge in [0, 0.05) is 33.5 Å². The maximum absolute atomic E-state index is 13.3. The number of hydrogen-bond donors (Lipinski definition) is 1. The highest BCUT2D eigenvalue weighted by atomic mass is 32.1. The van der Waals surface area contributed by atoms with Crippen LogP contribution in [0.2, 0.25) is 0 Å². The van der Waals surface area contributed by atoms with Crippen molar-refractivity contribution in [3.05, 3.63) is 99.1 Å². The first-order valence-electron chi connectivity index (χ1n) is 8.72. The monoisotopic (exact) mass is 384 g/mol. The van der Waals surface area contributed by atoms with Crippen molar-refractivity contribution in [3.8, 4) is 34.0 Å². The first-order chi connectivity index (χ1) is 13.7. The zero-order valence-corrected chi connectivity index (χ0v) is 15.7. The van der Waals surface area contributed by atoms with E-state index in [1.165, 1.54) is 11.3 Å². The van der Waals surface area contributed by atoms with Gasteiger partial charge in [0.25, 0.3) is 5.56 Å². The van der Waals surface area contributed by atoms with Crippen LogP contribution in [0.4, 0.5) is 0 Å². The average molecular weight is 384 g/mol. The van der Waals surface area contributed by atoms with E-state index in [9.17, 15) is 15.2 Å². The highest BCUT2D eigenvalue weighted by Gasteiger charge is 2.16. The molecule has 28 heavy (non-hydrogen) atoms. The summed E-state index contributed by atoms with van der Waals surface area (Å²) in [5, 5.41) is 21.1. The molecule has 2 aromatic carbocycles. The molecular formula is C23H16N2O2S. The fraction of sp³-hybridized carbons (Fsp3) is 0.0435. The maximum Gasteiger partial charge on any atom is 0.263 e. The molecule has 1 N–H and O–H groups in total. The van der Waals surface area contributed by atoms with Crippen molar-refractivity contribution < 1.29 is 5.11 Å². The minimum Gasteiger partial charge on any atom is -0.391 e. The van der Waals surface area contributed by atoms with Gasteiger partial charge in [0.05, 0.1) is 18.2 Å². The van der Waals surface area contributed by atoms with Gasteiger partial charge in [-0.2, -0.15) is 5.26 Å². The first kappa shape index (κ1) is 17.9. The van der Waals surface area contributed by atoms with Crippen LogP contribution < -0.4 is 5.56 Å². The summed E-state index contributed by atoms with van der Waals surface area (Å²) in [5.74, 6) is 0. The molecule has 0 amide bonds. The lowest BCUT2D eigenvalue weighted by atomic mass is 9.98. The molecule has 2 heterocycles. The van der Waals surface area contributed by atoms with Gasteiger partial charge in [0.15, 0.2) is 0 Å². The summed E-state index contributed by atoms with van der Waals surface area (Å²) in [6, 6.07) is 22.4. The van der Waals surface area contributed by atoms with Gasteiger partial charge in [-0.1, -0.05) is 36.4 Å². The number of hydrogen-bond acceptors (Lipinski definition) is 4. The quantitative estimate of drug-likeness (QED) is 0.559. The number of rotatable bonds is 4. The molecule has 0 radical (unpaired) electrons. The van der Waals surface area contributed by atoms with E-state index in [4.69, 9.17) is 0 Å². The van der Waals surface area contributed by atoms with E-state index in [2.05, 4.69) is 6.07 Å². The zero-order chi connectivity index (χ0) is 19.5. The molecule has 136 valence electrons. The van der Waals surface area contributed by atoms with Crippen LogP contribution in [-0.2, 0) is 6.61 Å². The summed E-state index contributed by atoms with van der Waals surface area (Å²) >= 11 is 1.47. The number of aliphatic hydroxyl groups excluding tert-OH is 1. The second kappa shape index (κ2) is 7.65. The van der Waals surface area contributed by atoms with Crippen molar-refractivity contribution in [2.75, 3.05) is 0 Å². The third-order valence-corrected chi connectivity index (χ3v) is 5.50. The Bertz CT molecular complexity index is 1230. The minimum atomic E-state index is -0.196. The van der Waals surface area contributed by atoms with Gasteiger partial charge in [0.2, 0.25) is 0 Å². The molecule has 4 aromatic rings. The number of aliphatic hydroxyl groups is 1. The third kappa shape index (κ3) is 3.16. The molecule has 4 rings (SSSR count). The second-order valence-corrected chi connectivity index (χ2v) is 7.23. The lowest BCUT2D eigenvalue weighted by Gasteiger charge is -2.13. The van der Waals surface area contributed by atoms with E-state index in [0.29, 0.717) is 16.7 Å². The highest BCUT2D eigenvalue weighted by Crippen LogP contribution is 2.31. The molecule has 2 aromatic heterocycles. The van der Waals surface area contributed by atoms with Crippen molar-refractivity contribution >= 4 is 11.3 Å². The minimum absolute atomic E-state index is 0.0679. The van der Waals surface area contributed by atoms with Crippen LogP contribution in [0, 0.1) is 11.3 Å². The lowest BCUT2D eigenvalue weighted by Crippen LogP contribution is -2.20. The molecule has 0 aliphatic heterocycles. The van der Waals surface area contributed by atoms with E-state index in [-0.39, 0.29) is 12.2 Å². The molecule has 0 atom stereocenters. The van der Waals surface area contributed by atoms with Crippen LogP contribution in [0.1, 0.15) is 10.4 Å². The standard InChI is InChI=1S/C23H16N2O2S/c24-13-16-6-4-5-9-19(16)21-12-17(20-10-11-28-22(20)15-26)14-25(23(21)27)18-7-2-1-3-8-18/h1-12,14,26H,15H2. The second-order valence-electron chi connectivity index (χ2n) is 6.23. The number of pyridine rings is 1. The molecule has 0 aliphatic carbocycles. The van der Waals surface area contributed by atoms with Gasteiger partial charge in [-0.3, -0.25) is 9.36 Å². The Morgan fingerprint density at radius 3 is 2.46 bits per heavy atom. The number of benzene rings is 2. The van der Waals surface area contributed by atoms with E-state index >= 15 is 0 Å².